The highest BCUT2D eigenvalue weighted by Gasteiger charge is 2.15. The van der Waals surface area contributed by atoms with Crippen molar-refractivity contribution in [1.29, 1.82) is 0 Å². The Morgan fingerprint density at radius 3 is 2.48 bits per heavy atom. The number of fused-ring (bicyclic) bond motifs is 1. The van der Waals surface area contributed by atoms with E-state index in [-0.39, 0.29) is 5.91 Å². The van der Waals surface area contributed by atoms with E-state index in [1.54, 1.807) is 0 Å². The third-order valence-electron chi connectivity index (χ3n) is 4.55. The monoisotopic (exact) mass is 357 g/mol. The second kappa shape index (κ2) is 6.99. The van der Waals surface area contributed by atoms with E-state index in [1.165, 1.54) is 6.20 Å². The number of carbonyl (C=O) groups excluding carboxylic acids is 1. The first-order chi connectivity index (χ1) is 13.1. The van der Waals surface area contributed by atoms with E-state index in [9.17, 15) is 4.79 Å². The van der Waals surface area contributed by atoms with Crippen LogP contribution < -0.4 is 5.32 Å². The quantitative estimate of drug-likeness (QED) is 0.608. The summed E-state index contributed by atoms with van der Waals surface area (Å²) >= 11 is 0. The van der Waals surface area contributed by atoms with E-state index in [0.29, 0.717) is 17.8 Å². The van der Waals surface area contributed by atoms with E-state index >= 15 is 0 Å². The highest BCUT2D eigenvalue weighted by molar-refractivity contribution is 5.93. The SMILES string of the molecule is Cc1nn(-c2ccccc2)c(C)c1CNC(=O)c1cnc2ccccc2n1. The molecule has 0 fully saturated rings. The molecule has 0 atom stereocenters. The van der Waals surface area contributed by atoms with Crippen LogP contribution in [-0.4, -0.2) is 25.7 Å². The van der Waals surface area contributed by atoms with Gasteiger partial charge in [-0.1, -0.05) is 30.3 Å². The second-order valence-corrected chi connectivity index (χ2v) is 6.32. The third kappa shape index (κ3) is 3.29. The summed E-state index contributed by atoms with van der Waals surface area (Å²) in [6.45, 7) is 4.34. The number of rotatable bonds is 4. The van der Waals surface area contributed by atoms with Gasteiger partial charge < -0.3 is 5.32 Å². The number of hydrogen-bond donors (Lipinski definition) is 1. The molecule has 134 valence electrons. The fourth-order valence-electron chi connectivity index (χ4n) is 3.08. The van der Waals surface area contributed by atoms with Gasteiger partial charge in [0.25, 0.3) is 5.91 Å². The number of carbonyl (C=O) groups is 1. The normalized spacial score (nSPS) is 10.9. The molecular formula is C21H19N5O. The van der Waals surface area contributed by atoms with E-state index in [4.69, 9.17) is 0 Å². The van der Waals surface area contributed by atoms with Crippen molar-refractivity contribution in [3.8, 4) is 5.69 Å². The van der Waals surface area contributed by atoms with Crippen LogP contribution in [0.5, 0.6) is 0 Å². The number of nitrogens with one attached hydrogen (secondary N) is 1. The molecule has 6 heteroatoms. The zero-order chi connectivity index (χ0) is 18.8. The van der Waals surface area contributed by atoms with E-state index in [2.05, 4.69) is 20.4 Å². The molecule has 1 N–H and O–H groups in total. The Kier molecular flexibility index (Phi) is 4.38. The molecule has 1 amide bonds. The van der Waals surface area contributed by atoms with Crippen molar-refractivity contribution in [2.24, 2.45) is 0 Å². The van der Waals surface area contributed by atoms with Crippen LogP contribution in [0.3, 0.4) is 0 Å². The van der Waals surface area contributed by atoms with Crippen molar-refractivity contribution in [3.63, 3.8) is 0 Å². The van der Waals surface area contributed by atoms with Crippen LogP contribution in [-0.2, 0) is 6.54 Å². The summed E-state index contributed by atoms with van der Waals surface area (Å²) in [5.41, 5.74) is 5.67. The highest BCUT2D eigenvalue weighted by atomic mass is 16.1. The Bertz CT molecular complexity index is 1120. The lowest BCUT2D eigenvalue weighted by molar-refractivity contribution is 0.0946. The van der Waals surface area contributed by atoms with Gasteiger partial charge in [0, 0.05) is 17.8 Å². The standard InChI is InChI=1S/C21H19N5O/c1-14-17(15(2)26(25-14)16-8-4-3-5-9-16)12-23-21(27)20-13-22-18-10-6-7-11-19(18)24-20/h3-11,13H,12H2,1-2H3,(H,23,27). The van der Waals surface area contributed by atoms with E-state index < -0.39 is 0 Å². The number of nitrogens with zero attached hydrogens (tertiary/aromatic N) is 4. The number of para-hydroxylation sites is 3. The van der Waals surface area contributed by atoms with Gasteiger partial charge in [-0.15, -0.1) is 0 Å². The topological polar surface area (TPSA) is 72.7 Å². The first kappa shape index (κ1) is 16.9. The summed E-state index contributed by atoms with van der Waals surface area (Å²) in [6.07, 6.45) is 1.50. The number of aryl methyl sites for hydroxylation is 1. The number of benzene rings is 2. The van der Waals surface area contributed by atoms with Crippen molar-refractivity contribution in [1.82, 2.24) is 25.1 Å². The fraction of sp³-hybridized carbons (Fsp3) is 0.143. The van der Waals surface area contributed by atoms with Crippen molar-refractivity contribution in [2.45, 2.75) is 20.4 Å². The van der Waals surface area contributed by atoms with Crippen LogP contribution in [0.4, 0.5) is 0 Å². The average Bonchev–Trinajstić information content (AvgIpc) is 3.00. The van der Waals surface area contributed by atoms with Crippen LogP contribution in [0.2, 0.25) is 0 Å². The summed E-state index contributed by atoms with van der Waals surface area (Å²) in [7, 11) is 0. The van der Waals surface area contributed by atoms with Crippen molar-refractivity contribution in [2.75, 3.05) is 0 Å². The lowest BCUT2D eigenvalue weighted by Crippen LogP contribution is -2.24. The van der Waals surface area contributed by atoms with Gasteiger partial charge in [0.15, 0.2) is 0 Å². The molecule has 0 saturated carbocycles. The maximum Gasteiger partial charge on any atom is 0.271 e. The van der Waals surface area contributed by atoms with Crippen LogP contribution >= 0.6 is 0 Å². The molecule has 27 heavy (non-hydrogen) atoms. The minimum atomic E-state index is -0.250. The Labute approximate surface area is 156 Å². The van der Waals surface area contributed by atoms with Gasteiger partial charge in [-0.25, -0.2) is 9.67 Å². The van der Waals surface area contributed by atoms with Gasteiger partial charge in [0.05, 0.1) is 28.6 Å². The minimum absolute atomic E-state index is 0.250. The Morgan fingerprint density at radius 2 is 1.70 bits per heavy atom. The summed E-state index contributed by atoms with van der Waals surface area (Å²) < 4.78 is 1.90. The molecule has 0 bridgehead atoms. The molecule has 0 saturated heterocycles. The van der Waals surface area contributed by atoms with Gasteiger partial charge in [-0.3, -0.25) is 9.78 Å². The van der Waals surface area contributed by atoms with Gasteiger partial charge in [-0.2, -0.15) is 5.10 Å². The van der Waals surface area contributed by atoms with Gasteiger partial charge >= 0.3 is 0 Å². The molecule has 0 spiro atoms. The molecule has 2 aromatic heterocycles. The van der Waals surface area contributed by atoms with Crippen LogP contribution in [0.1, 0.15) is 27.4 Å². The Morgan fingerprint density at radius 1 is 1.00 bits per heavy atom. The summed E-state index contributed by atoms with van der Waals surface area (Å²) in [4.78, 5) is 21.2. The van der Waals surface area contributed by atoms with Gasteiger partial charge in [0.1, 0.15) is 5.69 Å². The summed E-state index contributed by atoms with van der Waals surface area (Å²) in [5.74, 6) is -0.250. The second-order valence-electron chi connectivity index (χ2n) is 6.32. The van der Waals surface area contributed by atoms with Gasteiger partial charge in [0.2, 0.25) is 0 Å². The molecule has 6 nitrogen and oxygen atoms in total. The average molecular weight is 357 g/mol. The summed E-state index contributed by atoms with van der Waals surface area (Å²) in [6, 6.07) is 17.4. The van der Waals surface area contributed by atoms with Gasteiger partial charge in [-0.05, 0) is 38.1 Å². The fourth-order valence-corrected chi connectivity index (χ4v) is 3.08. The Hall–Kier alpha value is -3.54. The molecule has 4 aromatic rings. The Balaban J connectivity index is 1.54. The zero-order valence-electron chi connectivity index (χ0n) is 15.2. The molecule has 2 aromatic carbocycles. The maximum atomic E-state index is 12.5. The molecule has 0 unspecified atom stereocenters. The molecular weight excluding hydrogens is 338 g/mol. The predicted molar refractivity (Wildman–Crippen MR) is 104 cm³/mol. The first-order valence-corrected chi connectivity index (χ1v) is 8.74. The highest BCUT2D eigenvalue weighted by Crippen LogP contribution is 2.18. The van der Waals surface area contributed by atoms with Crippen LogP contribution in [0.15, 0.2) is 60.8 Å². The van der Waals surface area contributed by atoms with Crippen LogP contribution in [0.25, 0.3) is 16.7 Å². The van der Waals surface area contributed by atoms with Crippen molar-refractivity contribution >= 4 is 16.9 Å². The predicted octanol–water partition coefficient (Wildman–Crippen LogP) is 3.36. The number of hydrogen-bond acceptors (Lipinski definition) is 4. The van der Waals surface area contributed by atoms with E-state index in [1.807, 2.05) is 73.1 Å². The lowest BCUT2D eigenvalue weighted by Gasteiger charge is -2.07. The van der Waals surface area contributed by atoms with E-state index in [0.717, 1.165) is 28.2 Å². The smallest absolute Gasteiger partial charge is 0.271 e. The molecule has 0 radical (unpaired) electrons. The largest absolute Gasteiger partial charge is 0.346 e. The van der Waals surface area contributed by atoms with Crippen molar-refractivity contribution in [3.05, 3.63) is 83.4 Å². The molecule has 4 rings (SSSR count). The first-order valence-electron chi connectivity index (χ1n) is 8.74. The zero-order valence-corrected chi connectivity index (χ0v) is 15.2. The van der Waals surface area contributed by atoms with Crippen LogP contribution in [0, 0.1) is 13.8 Å². The molecule has 0 aliphatic rings. The molecule has 0 aliphatic carbocycles. The lowest BCUT2D eigenvalue weighted by atomic mass is 10.2. The third-order valence-corrected chi connectivity index (χ3v) is 4.55. The number of amides is 1. The maximum absolute atomic E-state index is 12.5. The van der Waals surface area contributed by atoms with Crippen molar-refractivity contribution < 1.29 is 4.79 Å². The minimum Gasteiger partial charge on any atom is -0.346 e. The molecule has 0 aliphatic heterocycles. The molecule has 2 heterocycles. The number of aromatic nitrogens is 4. The summed E-state index contributed by atoms with van der Waals surface area (Å²) in [5, 5.41) is 7.54.